The molecule has 0 spiro atoms. The molecule has 2 aromatic rings. The highest BCUT2D eigenvalue weighted by Crippen LogP contribution is 2.28. The molecule has 0 aromatic carbocycles. The highest BCUT2D eigenvalue weighted by atomic mass is 35.5. The van der Waals surface area contributed by atoms with Gasteiger partial charge in [0, 0.05) is 10.9 Å². The Morgan fingerprint density at radius 2 is 2.42 bits per heavy atom. The van der Waals surface area contributed by atoms with E-state index >= 15 is 0 Å². The summed E-state index contributed by atoms with van der Waals surface area (Å²) in [6.45, 7) is 0. The topological polar surface area (TPSA) is 52.0 Å². The van der Waals surface area contributed by atoms with Crippen LogP contribution < -0.4 is 5.73 Å². The summed E-state index contributed by atoms with van der Waals surface area (Å²) in [6, 6.07) is 2.00. The van der Waals surface area contributed by atoms with Crippen LogP contribution in [0.2, 0.25) is 4.34 Å². The van der Waals surface area contributed by atoms with E-state index in [9.17, 15) is 0 Å². The van der Waals surface area contributed by atoms with E-state index < -0.39 is 0 Å². The van der Waals surface area contributed by atoms with Gasteiger partial charge in [0.05, 0.1) is 4.34 Å². The number of thiophene rings is 1. The number of nitrogen functional groups attached to an aromatic ring is 1. The Bertz CT molecular complexity index is 357. The first-order valence-electron chi connectivity index (χ1n) is 3.21. The minimum absolute atomic E-state index is 0.173. The molecular weight excluding hydrogens is 196 g/mol. The number of nitrogens with two attached hydrogens (primary N) is 1. The van der Waals surface area contributed by atoms with Gasteiger partial charge in [0.2, 0.25) is 0 Å². The van der Waals surface area contributed by atoms with E-state index in [0.29, 0.717) is 0 Å². The van der Waals surface area contributed by atoms with Gasteiger partial charge in [-0.1, -0.05) is 11.6 Å². The highest BCUT2D eigenvalue weighted by Gasteiger charge is 2.05. The molecule has 2 rings (SSSR count). The van der Waals surface area contributed by atoms with Crippen molar-refractivity contribution in [3.8, 4) is 11.3 Å². The van der Waals surface area contributed by atoms with Crippen LogP contribution in [0.15, 0.2) is 22.1 Å². The summed E-state index contributed by atoms with van der Waals surface area (Å²) in [7, 11) is 0. The zero-order valence-electron chi connectivity index (χ0n) is 5.95. The van der Waals surface area contributed by atoms with Crippen LogP contribution in [-0.2, 0) is 0 Å². The van der Waals surface area contributed by atoms with E-state index in [4.69, 9.17) is 21.8 Å². The molecule has 2 aromatic heterocycles. The van der Waals surface area contributed by atoms with Crippen molar-refractivity contribution in [1.82, 2.24) is 4.98 Å². The zero-order chi connectivity index (χ0) is 8.55. The van der Waals surface area contributed by atoms with Crippen molar-refractivity contribution in [2.24, 2.45) is 0 Å². The monoisotopic (exact) mass is 200 g/mol. The van der Waals surface area contributed by atoms with Crippen LogP contribution in [0, 0.1) is 0 Å². The van der Waals surface area contributed by atoms with Gasteiger partial charge in [0.15, 0.2) is 0 Å². The molecule has 2 heterocycles. The van der Waals surface area contributed by atoms with E-state index in [1.54, 1.807) is 0 Å². The molecule has 12 heavy (non-hydrogen) atoms. The number of halogens is 1. The van der Waals surface area contributed by atoms with Gasteiger partial charge in [-0.25, -0.2) is 0 Å². The second-order valence-corrected chi connectivity index (χ2v) is 3.75. The van der Waals surface area contributed by atoms with E-state index in [2.05, 4.69) is 4.98 Å². The first-order chi connectivity index (χ1) is 5.75. The van der Waals surface area contributed by atoms with Gasteiger partial charge in [-0.05, 0) is 6.07 Å². The van der Waals surface area contributed by atoms with Gasteiger partial charge in [-0.15, -0.1) is 11.3 Å². The Hall–Kier alpha value is -1.00. The maximum absolute atomic E-state index is 5.75. The van der Waals surface area contributed by atoms with Crippen molar-refractivity contribution in [2.45, 2.75) is 0 Å². The van der Waals surface area contributed by atoms with Gasteiger partial charge < -0.3 is 10.2 Å². The Morgan fingerprint density at radius 1 is 1.58 bits per heavy atom. The van der Waals surface area contributed by atoms with Crippen LogP contribution in [0.1, 0.15) is 0 Å². The Labute approximate surface area is 77.8 Å². The van der Waals surface area contributed by atoms with Crippen molar-refractivity contribution in [3.63, 3.8) is 0 Å². The van der Waals surface area contributed by atoms with E-state index in [0.717, 1.165) is 15.6 Å². The van der Waals surface area contributed by atoms with Gasteiger partial charge in [0.1, 0.15) is 12.0 Å². The predicted molar refractivity (Wildman–Crippen MR) is 49.2 cm³/mol. The standard InChI is InChI=1S/C7H5ClN2OS/c8-6-1-4(3-12-6)5-2-11-7(9)10-5/h1-3H,(H2,9,10). The van der Waals surface area contributed by atoms with Crippen LogP contribution in [0.5, 0.6) is 0 Å². The lowest BCUT2D eigenvalue weighted by atomic mass is 10.3. The first kappa shape index (κ1) is 7.64. The van der Waals surface area contributed by atoms with Crippen LogP contribution in [0.25, 0.3) is 11.3 Å². The smallest absolute Gasteiger partial charge is 0.292 e. The van der Waals surface area contributed by atoms with E-state index in [1.165, 1.54) is 17.6 Å². The molecule has 0 radical (unpaired) electrons. The molecule has 0 aliphatic rings. The molecule has 0 aliphatic carbocycles. The first-order valence-corrected chi connectivity index (χ1v) is 4.47. The molecule has 0 bridgehead atoms. The number of oxazole rings is 1. The fraction of sp³-hybridized carbons (Fsp3) is 0. The molecule has 0 saturated carbocycles. The predicted octanol–water partition coefficient (Wildman–Crippen LogP) is 2.64. The van der Waals surface area contributed by atoms with Gasteiger partial charge in [-0.3, -0.25) is 0 Å². The minimum atomic E-state index is 0.173. The molecule has 0 fully saturated rings. The number of hydrogen-bond acceptors (Lipinski definition) is 4. The normalized spacial score (nSPS) is 10.4. The maximum atomic E-state index is 5.75. The summed E-state index contributed by atoms with van der Waals surface area (Å²) in [5.41, 5.74) is 6.97. The molecule has 0 saturated heterocycles. The van der Waals surface area contributed by atoms with Crippen molar-refractivity contribution >= 4 is 29.0 Å². The highest BCUT2D eigenvalue weighted by molar-refractivity contribution is 7.14. The molecule has 0 aliphatic heterocycles. The fourth-order valence-electron chi connectivity index (χ4n) is 0.865. The van der Waals surface area contributed by atoms with Crippen LogP contribution in [-0.4, -0.2) is 4.98 Å². The Balaban J connectivity index is 2.43. The summed E-state index contributed by atoms with van der Waals surface area (Å²) in [5, 5.41) is 1.90. The molecule has 62 valence electrons. The van der Waals surface area contributed by atoms with E-state index in [1.807, 2.05) is 11.4 Å². The van der Waals surface area contributed by atoms with Crippen molar-refractivity contribution < 1.29 is 4.42 Å². The summed E-state index contributed by atoms with van der Waals surface area (Å²) in [4.78, 5) is 3.95. The lowest BCUT2D eigenvalue weighted by molar-refractivity contribution is 0.581. The maximum Gasteiger partial charge on any atom is 0.292 e. The largest absolute Gasteiger partial charge is 0.432 e. The average Bonchev–Trinajstić information content (AvgIpc) is 2.58. The van der Waals surface area contributed by atoms with Crippen molar-refractivity contribution in [1.29, 1.82) is 0 Å². The summed E-state index contributed by atoms with van der Waals surface area (Å²) in [6.07, 6.45) is 1.51. The summed E-state index contributed by atoms with van der Waals surface area (Å²) < 4.78 is 5.58. The minimum Gasteiger partial charge on any atom is -0.432 e. The SMILES string of the molecule is Nc1nc(-c2csc(Cl)c2)co1. The lowest BCUT2D eigenvalue weighted by Crippen LogP contribution is -1.82. The second kappa shape index (κ2) is 2.80. The van der Waals surface area contributed by atoms with Crippen LogP contribution in [0.4, 0.5) is 6.01 Å². The molecule has 3 nitrogen and oxygen atoms in total. The average molecular weight is 201 g/mol. The molecule has 0 unspecified atom stereocenters. The van der Waals surface area contributed by atoms with E-state index in [-0.39, 0.29) is 6.01 Å². The number of hydrogen-bond donors (Lipinski definition) is 1. The third-order valence-electron chi connectivity index (χ3n) is 1.39. The van der Waals surface area contributed by atoms with Crippen molar-refractivity contribution in [2.75, 3.05) is 5.73 Å². The van der Waals surface area contributed by atoms with Gasteiger partial charge in [-0.2, -0.15) is 4.98 Å². The summed E-state index contributed by atoms with van der Waals surface area (Å²) >= 11 is 7.20. The number of nitrogens with zero attached hydrogens (tertiary/aromatic N) is 1. The molecular formula is C7H5ClN2OS. The van der Waals surface area contributed by atoms with Gasteiger partial charge >= 0.3 is 0 Å². The molecule has 0 atom stereocenters. The van der Waals surface area contributed by atoms with Crippen LogP contribution >= 0.6 is 22.9 Å². The van der Waals surface area contributed by atoms with Crippen molar-refractivity contribution in [3.05, 3.63) is 22.0 Å². The third-order valence-corrected chi connectivity index (χ3v) is 2.48. The third kappa shape index (κ3) is 1.31. The van der Waals surface area contributed by atoms with Gasteiger partial charge in [0.25, 0.3) is 6.01 Å². The zero-order valence-corrected chi connectivity index (χ0v) is 7.52. The lowest BCUT2D eigenvalue weighted by Gasteiger charge is -1.83. The fourth-order valence-corrected chi connectivity index (χ4v) is 1.74. The summed E-state index contributed by atoms with van der Waals surface area (Å²) in [5.74, 6) is 0. The Morgan fingerprint density at radius 3 is 2.92 bits per heavy atom. The number of rotatable bonds is 1. The Kier molecular flexibility index (Phi) is 1.78. The number of aromatic nitrogens is 1. The quantitative estimate of drug-likeness (QED) is 0.770. The molecule has 2 N–H and O–H groups in total. The number of anilines is 1. The second-order valence-electron chi connectivity index (χ2n) is 2.21. The van der Waals surface area contributed by atoms with Crippen LogP contribution in [0.3, 0.4) is 0 Å². The molecule has 5 heteroatoms. The molecule has 0 amide bonds.